The van der Waals surface area contributed by atoms with Crippen LogP contribution in [0.25, 0.3) is 10.3 Å². The van der Waals surface area contributed by atoms with Crippen molar-refractivity contribution in [3.63, 3.8) is 0 Å². The largest absolute Gasteiger partial charge is 0.350 e. The van der Waals surface area contributed by atoms with Crippen molar-refractivity contribution in [3.8, 4) is 0 Å². The average molecular weight is 415 g/mol. The molecule has 1 fully saturated rings. The van der Waals surface area contributed by atoms with Gasteiger partial charge in [-0.15, -0.1) is 0 Å². The highest BCUT2D eigenvalue weighted by Gasteiger charge is 2.33. The van der Waals surface area contributed by atoms with E-state index in [1.165, 1.54) is 28.0 Å². The van der Waals surface area contributed by atoms with Gasteiger partial charge in [0, 0.05) is 26.6 Å². The first-order chi connectivity index (χ1) is 14.0. The molecule has 0 unspecified atom stereocenters. The fourth-order valence-electron chi connectivity index (χ4n) is 3.65. The molecule has 4 rings (SSSR count). The summed E-state index contributed by atoms with van der Waals surface area (Å²) in [4.78, 5) is 37.0. The van der Waals surface area contributed by atoms with Crippen LogP contribution in [-0.4, -0.2) is 33.0 Å². The third kappa shape index (κ3) is 3.74. The standard InChI is InChI=1S/C20H22FN5O2S/c1-3-15-23-18-16(19(28)25(15)2)24-20(29-18)26-9-5-8-14(26)17(27)22-11-12-6-4-7-13(21)10-12/h4,6-7,10,14H,3,5,8-9,11H2,1-2H3,(H,22,27)/t14-/m1/s1. The summed E-state index contributed by atoms with van der Waals surface area (Å²) in [6.45, 7) is 2.91. The van der Waals surface area contributed by atoms with Crippen LogP contribution in [0.3, 0.4) is 0 Å². The Labute approximate surface area is 171 Å². The van der Waals surface area contributed by atoms with Gasteiger partial charge in [-0.2, -0.15) is 0 Å². The summed E-state index contributed by atoms with van der Waals surface area (Å²) in [6.07, 6.45) is 2.22. The fraction of sp³-hybridized carbons (Fsp3) is 0.400. The van der Waals surface area contributed by atoms with Crippen molar-refractivity contribution in [2.75, 3.05) is 11.4 Å². The molecule has 0 radical (unpaired) electrons. The van der Waals surface area contributed by atoms with E-state index in [4.69, 9.17) is 0 Å². The van der Waals surface area contributed by atoms with E-state index in [2.05, 4.69) is 15.3 Å². The van der Waals surface area contributed by atoms with E-state index in [9.17, 15) is 14.0 Å². The van der Waals surface area contributed by atoms with Gasteiger partial charge in [-0.1, -0.05) is 30.4 Å². The molecule has 29 heavy (non-hydrogen) atoms. The topological polar surface area (TPSA) is 80.1 Å². The smallest absolute Gasteiger partial charge is 0.280 e. The molecule has 1 N–H and O–H groups in total. The van der Waals surface area contributed by atoms with Crippen LogP contribution < -0.4 is 15.8 Å². The maximum Gasteiger partial charge on any atom is 0.280 e. The maximum absolute atomic E-state index is 13.3. The summed E-state index contributed by atoms with van der Waals surface area (Å²) in [5, 5.41) is 3.53. The van der Waals surface area contributed by atoms with Crippen LogP contribution in [0.1, 0.15) is 31.2 Å². The zero-order valence-corrected chi connectivity index (χ0v) is 17.1. The van der Waals surface area contributed by atoms with Gasteiger partial charge < -0.3 is 10.2 Å². The highest BCUT2D eigenvalue weighted by molar-refractivity contribution is 7.21. The van der Waals surface area contributed by atoms with E-state index in [1.807, 2.05) is 11.8 Å². The van der Waals surface area contributed by atoms with Gasteiger partial charge in [0.25, 0.3) is 5.56 Å². The number of aryl methyl sites for hydroxylation is 1. The summed E-state index contributed by atoms with van der Waals surface area (Å²) >= 11 is 1.35. The monoisotopic (exact) mass is 415 g/mol. The molecule has 9 heteroatoms. The average Bonchev–Trinajstić information content (AvgIpc) is 3.36. The molecule has 0 saturated carbocycles. The number of fused-ring (bicyclic) bond motifs is 1. The molecular formula is C20H22FN5O2S. The van der Waals surface area contributed by atoms with Crippen LogP contribution >= 0.6 is 11.3 Å². The lowest BCUT2D eigenvalue weighted by Crippen LogP contribution is -2.43. The molecule has 7 nitrogen and oxygen atoms in total. The Morgan fingerprint density at radius 1 is 1.38 bits per heavy atom. The molecule has 0 aliphatic carbocycles. The van der Waals surface area contributed by atoms with Crippen LogP contribution in [0, 0.1) is 5.82 Å². The van der Waals surface area contributed by atoms with Gasteiger partial charge >= 0.3 is 0 Å². The Kier molecular flexibility index (Phi) is 5.31. The molecule has 3 aromatic rings. The van der Waals surface area contributed by atoms with Gasteiger partial charge in [-0.3, -0.25) is 14.2 Å². The number of hydrogen-bond acceptors (Lipinski definition) is 6. The van der Waals surface area contributed by atoms with Crippen molar-refractivity contribution >= 4 is 32.7 Å². The van der Waals surface area contributed by atoms with Crippen LogP contribution in [0.4, 0.5) is 9.52 Å². The highest BCUT2D eigenvalue weighted by Crippen LogP contribution is 2.31. The Bertz CT molecular complexity index is 1130. The number of halogens is 1. The van der Waals surface area contributed by atoms with E-state index >= 15 is 0 Å². The fourth-order valence-corrected chi connectivity index (χ4v) is 4.67. The quantitative estimate of drug-likeness (QED) is 0.692. The van der Waals surface area contributed by atoms with Crippen molar-refractivity contribution in [2.24, 2.45) is 7.05 Å². The minimum atomic E-state index is -0.362. The second-order valence-electron chi connectivity index (χ2n) is 7.10. The first-order valence-electron chi connectivity index (χ1n) is 9.63. The molecular weight excluding hydrogens is 393 g/mol. The third-order valence-corrected chi connectivity index (χ3v) is 6.18. The molecule has 3 heterocycles. The van der Waals surface area contributed by atoms with Gasteiger partial charge in [-0.05, 0) is 30.5 Å². The molecule has 152 valence electrons. The van der Waals surface area contributed by atoms with Gasteiger partial charge in [-0.25, -0.2) is 14.4 Å². The Balaban J connectivity index is 1.55. The van der Waals surface area contributed by atoms with Crippen molar-refractivity contribution in [1.82, 2.24) is 19.9 Å². The van der Waals surface area contributed by atoms with Crippen molar-refractivity contribution in [2.45, 2.75) is 38.8 Å². The second kappa shape index (κ2) is 7.90. The number of nitrogens with one attached hydrogen (secondary N) is 1. The molecule has 2 aromatic heterocycles. The van der Waals surface area contributed by atoms with Gasteiger partial charge in [0.2, 0.25) is 5.91 Å². The first kappa shape index (κ1) is 19.5. The van der Waals surface area contributed by atoms with Crippen molar-refractivity contribution < 1.29 is 9.18 Å². The van der Waals surface area contributed by atoms with Gasteiger partial charge in [0.05, 0.1) is 0 Å². The number of aromatic nitrogens is 3. The lowest BCUT2D eigenvalue weighted by atomic mass is 10.2. The number of rotatable bonds is 5. The van der Waals surface area contributed by atoms with E-state index in [-0.39, 0.29) is 29.9 Å². The number of thiazole rings is 1. The molecule has 0 bridgehead atoms. The molecule has 1 saturated heterocycles. The van der Waals surface area contributed by atoms with Crippen LogP contribution in [-0.2, 0) is 24.8 Å². The van der Waals surface area contributed by atoms with E-state index < -0.39 is 0 Å². The van der Waals surface area contributed by atoms with Crippen LogP contribution in [0.15, 0.2) is 29.1 Å². The van der Waals surface area contributed by atoms with Gasteiger partial charge in [0.1, 0.15) is 17.7 Å². The maximum atomic E-state index is 13.3. The number of carbonyl (C=O) groups is 1. The van der Waals surface area contributed by atoms with E-state index in [0.29, 0.717) is 46.3 Å². The number of hydrogen-bond donors (Lipinski definition) is 1. The lowest BCUT2D eigenvalue weighted by molar-refractivity contribution is -0.122. The minimum absolute atomic E-state index is 0.124. The molecule has 0 spiro atoms. The number of anilines is 1. The number of carbonyl (C=O) groups excluding carboxylic acids is 1. The normalized spacial score (nSPS) is 16.5. The van der Waals surface area contributed by atoms with E-state index in [0.717, 1.165) is 6.42 Å². The summed E-state index contributed by atoms with van der Waals surface area (Å²) in [6, 6.07) is 5.82. The SMILES string of the molecule is CCc1nc2sc(N3CCC[C@@H]3C(=O)NCc3cccc(F)c3)nc2c(=O)n1C. The Morgan fingerprint density at radius 3 is 2.97 bits per heavy atom. The first-order valence-corrected chi connectivity index (χ1v) is 10.4. The number of benzene rings is 1. The summed E-state index contributed by atoms with van der Waals surface area (Å²) in [7, 11) is 1.70. The lowest BCUT2D eigenvalue weighted by Gasteiger charge is -2.23. The number of nitrogens with zero attached hydrogens (tertiary/aromatic N) is 4. The summed E-state index contributed by atoms with van der Waals surface area (Å²) in [5.74, 6) is 0.263. The zero-order chi connectivity index (χ0) is 20.5. The Hall–Kier alpha value is -2.81. The molecule has 1 amide bonds. The zero-order valence-electron chi connectivity index (χ0n) is 16.3. The Morgan fingerprint density at radius 2 is 2.21 bits per heavy atom. The summed E-state index contributed by atoms with van der Waals surface area (Å²) in [5.41, 5.74) is 0.888. The molecule has 1 atom stereocenters. The molecule has 1 aliphatic rings. The van der Waals surface area contributed by atoms with Crippen molar-refractivity contribution in [3.05, 3.63) is 51.8 Å². The minimum Gasteiger partial charge on any atom is -0.350 e. The number of amides is 1. The van der Waals surface area contributed by atoms with Crippen molar-refractivity contribution in [1.29, 1.82) is 0 Å². The third-order valence-electron chi connectivity index (χ3n) is 5.20. The predicted molar refractivity (Wildman–Crippen MR) is 111 cm³/mol. The van der Waals surface area contributed by atoms with Crippen LogP contribution in [0.5, 0.6) is 0 Å². The van der Waals surface area contributed by atoms with Gasteiger partial charge in [0.15, 0.2) is 15.5 Å². The highest BCUT2D eigenvalue weighted by atomic mass is 32.1. The van der Waals surface area contributed by atoms with Crippen LogP contribution in [0.2, 0.25) is 0 Å². The van der Waals surface area contributed by atoms with E-state index in [1.54, 1.807) is 19.2 Å². The second-order valence-corrected chi connectivity index (χ2v) is 8.05. The summed E-state index contributed by atoms with van der Waals surface area (Å²) < 4.78 is 14.9. The predicted octanol–water partition coefficient (Wildman–Crippen LogP) is 2.38. The molecule has 1 aromatic carbocycles. The molecule has 1 aliphatic heterocycles.